The number of halogens is 2. The van der Waals surface area contributed by atoms with Crippen molar-refractivity contribution in [3.63, 3.8) is 0 Å². The molecule has 1 aliphatic carbocycles. The molecule has 0 amide bonds. The first-order valence-corrected chi connectivity index (χ1v) is 8.95. The monoisotopic (exact) mass is 373 g/mol. The highest BCUT2D eigenvalue weighted by Crippen LogP contribution is 2.53. The second kappa shape index (κ2) is 6.40. The second-order valence-corrected chi connectivity index (χ2v) is 7.19. The van der Waals surface area contributed by atoms with Crippen LogP contribution in [0.4, 0.5) is 5.69 Å². The number of carbonyl (C=O) groups is 1. The van der Waals surface area contributed by atoms with Crippen molar-refractivity contribution >= 4 is 34.9 Å². The Morgan fingerprint density at radius 1 is 1.16 bits per heavy atom. The van der Waals surface area contributed by atoms with Crippen molar-refractivity contribution in [3.05, 3.63) is 75.3 Å². The van der Waals surface area contributed by atoms with E-state index in [0.717, 1.165) is 28.3 Å². The average Bonchev–Trinajstić information content (AvgIpc) is 3.11. The number of esters is 1. The summed E-state index contributed by atoms with van der Waals surface area (Å²) in [7, 11) is 1.40. The van der Waals surface area contributed by atoms with E-state index in [1.165, 1.54) is 7.11 Å². The van der Waals surface area contributed by atoms with Crippen LogP contribution >= 0.6 is 23.2 Å². The number of nitrogens with one attached hydrogen (secondary N) is 1. The van der Waals surface area contributed by atoms with Gasteiger partial charge in [-0.05, 0) is 41.7 Å². The number of allylic oxidation sites excluding steroid dienone is 2. The van der Waals surface area contributed by atoms with E-state index >= 15 is 0 Å². The van der Waals surface area contributed by atoms with E-state index in [1.54, 1.807) is 12.1 Å². The van der Waals surface area contributed by atoms with Gasteiger partial charge in [0.25, 0.3) is 0 Å². The van der Waals surface area contributed by atoms with Crippen molar-refractivity contribution < 1.29 is 9.53 Å². The van der Waals surface area contributed by atoms with Gasteiger partial charge in [0.2, 0.25) is 0 Å². The van der Waals surface area contributed by atoms with Crippen LogP contribution in [0.1, 0.15) is 39.9 Å². The van der Waals surface area contributed by atoms with E-state index in [-0.39, 0.29) is 23.8 Å². The number of rotatable bonds is 2. The number of anilines is 1. The lowest BCUT2D eigenvalue weighted by molar-refractivity contribution is 0.0598. The van der Waals surface area contributed by atoms with Crippen LogP contribution < -0.4 is 5.32 Å². The molecule has 128 valence electrons. The summed E-state index contributed by atoms with van der Waals surface area (Å²) in [6, 6.07) is 11.4. The Hall–Kier alpha value is -1.97. The Morgan fingerprint density at radius 2 is 1.96 bits per heavy atom. The third-order valence-electron chi connectivity index (χ3n) is 5.11. The second-order valence-electron chi connectivity index (χ2n) is 6.37. The van der Waals surface area contributed by atoms with Crippen LogP contribution in [0.2, 0.25) is 10.0 Å². The molecule has 1 N–H and O–H groups in total. The molecule has 0 saturated heterocycles. The molecule has 3 atom stereocenters. The summed E-state index contributed by atoms with van der Waals surface area (Å²) >= 11 is 12.9. The summed E-state index contributed by atoms with van der Waals surface area (Å²) in [5, 5.41) is 4.88. The van der Waals surface area contributed by atoms with Gasteiger partial charge < -0.3 is 10.1 Å². The molecule has 0 aromatic heterocycles. The van der Waals surface area contributed by atoms with Gasteiger partial charge in [0.05, 0.1) is 29.4 Å². The zero-order chi connectivity index (χ0) is 17.6. The predicted octanol–water partition coefficient (Wildman–Crippen LogP) is 5.61. The molecule has 0 radical (unpaired) electrons. The molecule has 3 nitrogen and oxygen atoms in total. The van der Waals surface area contributed by atoms with E-state index in [4.69, 9.17) is 27.9 Å². The summed E-state index contributed by atoms with van der Waals surface area (Å²) in [5.41, 5.74) is 3.32. The smallest absolute Gasteiger partial charge is 0.338 e. The lowest BCUT2D eigenvalue weighted by Crippen LogP contribution is -2.31. The number of benzene rings is 2. The molecule has 0 bridgehead atoms. The summed E-state index contributed by atoms with van der Waals surface area (Å²) in [6.45, 7) is 0. The third kappa shape index (κ3) is 2.62. The van der Waals surface area contributed by atoms with Crippen LogP contribution in [0, 0.1) is 5.92 Å². The summed E-state index contributed by atoms with van der Waals surface area (Å²) < 4.78 is 4.97. The number of hydrogen-bond acceptors (Lipinski definition) is 3. The Morgan fingerprint density at radius 3 is 2.72 bits per heavy atom. The molecular formula is C20H17Cl2NO2. The van der Waals surface area contributed by atoms with Crippen LogP contribution in [-0.4, -0.2) is 13.1 Å². The largest absolute Gasteiger partial charge is 0.465 e. The molecule has 4 rings (SSSR count). The Labute approximate surface area is 156 Å². The van der Waals surface area contributed by atoms with Gasteiger partial charge in [-0.1, -0.05) is 53.6 Å². The van der Waals surface area contributed by atoms with Crippen molar-refractivity contribution in [2.75, 3.05) is 12.4 Å². The van der Waals surface area contributed by atoms with Gasteiger partial charge in [-0.3, -0.25) is 0 Å². The Bertz CT molecular complexity index is 878. The molecule has 0 saturated carbocycles. The third-order valence-corrected chi connectivity index (χ3v) is 5.77. The number of methoxy groups -OCH3 is 1. The minimum Gasteiger partial charge on any atom is -0.465 e. The predicted molar refractivity (Wildman–Crippen MR) is 101 cm³/mol. The zero-order valence-electron chi connectivity index (χ0n) is 13.6. The van der Waals surface area contributed by atoms with Crippen LogP contribution in [0.3, 0.4) is 0 Å². The van der Waals surface area contributed by atoms with Crippen molar-refractivity contribution in [2.45, 2.75) is 18.4 Å². The molecule has 2 aromatic rings. The van der Waals surface area contributed by atoms with Crippen LogP contribution in [-0.2, 0) is 4.74 Å². The van der Waals surface area contributed by atoms with E-state index in [9.17, 15) is 4.79 Å². The first kappa shape index (κ1) is 16.5. The fourth-order valence-corrected chi connectivity index (χ4v) is 4.47. The quantitative estimate of drug-likeness (QED) is 0.549. The van der Waals surface area contributed by atoms with Crippen molar-refractivity contribution in [1.82, 2.24) is 0 Å². The maximum atomic E-state index is 12.3. The standard InChI is InChI=1S/C20H17Cl2NO2/c1-25-20(24)14-9-10-16(22)19-17(14)11-6-4-7-12(11)18(23-19)13-5-2-3-8-15(13)21/h2-6,8-12,18,23H,7H2,1H3/t11-,12+,18+/m1/s1. The molecule has 2 aromatic carbocycles. The van der Waals surface area contributed by atoms with Gasteiger partial charge in [-0.15, -0.1) is 0 Å². The zero-order valence-corrected chi connectivity index (χ0v) is 15.1. The Kier molecular flexibility index (Phi) is 4.22. The van der Waals surface area contributed by atoms with Gasteiger partial charge >= 0.3 is 5.97 Å². The highest BCUT2D eigenvalue weighted by Gasteiger charge is 2.41. The van der Waals surface area contributed by atoms with Crippen LogP contribution in [0.15, 0.2) is 48.6 Å². The molecule has 5 heteroatoms. The average molecular weight is 374 g/mol. The van der Waals surface area contributed by atoms with Gasteiger partial charge in [0, 0.05) is 10.9 Å². The maximum Gasteiger partial charge on any atom is 0.338 e. The number of hydrogen-bond donors (Lipinski definition) is 1. The highest BCUT2D eigenvalue weighted by molar-refractivity contribution is 6.34. The van der Waals surface area contributed by atoms with Crippen molar-refractivity contribution in [3.8, 4) is 0 Å². The lowest BCUT2D eigenvalue weighted by atomic mass is 9.75. The highest BCUT2D eigenvalue weighted by atomic mass is 35.5. The van der Waals surface area contributed by atoms with Gasteiger partial charge in [0.1, 0.15) is 0 Å². The Balaban J connectivity index is 1.89. The molecule has 25 heavy (non-hydrogen) atoms. The number of carbonyl (C=O) groups excluding carboxylic acids is 1. The molecule has 1 aliphatic heterocycles. The van der Waals surface area contributed by atoms with E-state index in [2.05, 4.69) is 17.5 Å². The molecule has 0 fully saturated rings. The van der Waals surface area contributed by atoms with Crippen molar-refractivity contribution in [1.29, 1.82) is 0 Å². The summed E-state index contributed by atoms with van der Waals surface area (Å²) in [6.07, 6.45) is 5.25. The SMILES string of the molecule is COC(=O)c1ccc(Cl)c2c1[C@@H]1C=CC[C@@H]1[C@@H](c1ccccc1Cl)N2. The van der Waals surface area contributed by atoms with E-state index in [0.29, 0.717) is 10.6 Å². The molecule has 1 heterocycles. The van der Waals surface area contributed by atoms with Gasteiger partial charge in [0.15, 0.2) is 0 Å². The first-order chi connectivity index (χ1) is 12.1. The number of ether oxygens (including phenoxy) is 1. The van der Waals surface area contributed by atoms with Gasteiger partial charge in [-0.25, -0.2) is 4.79 Å². The maximum absolute atomic E-state index is 12.3. The minimum atomic E-state index is -0.343. The summed E-state index contributed by atoms with van der Waals surface area (Å²) in [4.78, 5) is 12.3. The van der Waals surface area contributed by atoms with Crippen molar-refractivity contribution in [2.24, 2.45) is 5.92 Å². The fourth-order valence-electron chi connectivity index (χ4n) is 4.00. The molecular weight excluding hydrogens is 357 g/mol. The van der Waals surface area contributed by atoms with E-state index in [1.807, 2.05) is 24.3 Å². The lowest BCUT2D eigenvalue weighted by Gasteiger charge is -2.39. The topological polar surface area (TPSA) is 38.3 Å². The minimum absolute atomic E-state index is 0.0339. The van der Waals surface area contributed by atoms with E-state index < -0.39 is 0 Å². The van der Waals surface area contributed by atoms with Gasteiger partial charge in [-0.2, -0.15) is 0 Å². The number of fused-ring (bicyclic) bond motifs is 3. The first-order valence-electron chi connectivity index (χ1n) is 8.20. The molecule has 0 unspecified atom stereocenters. The normalized spacial score (nSPS) is 23.6. The van der Waals surface area contributed by atoms with Crippen LogP contribution in [0.5, 0.6) is 0 Å². The molecule has 0 spiro atoms. The molecule has 2 aliphatic rings. The fraction of sp³-hybridized carbons (Fsp3) is 0.250. The van der Waals surface area contributed by atoms with Crippen LogP contribution in [0.25, 0.3) is 0 Å². The summed E-state index contributed by atoms with van der Waals surface area (Å²) in [5.74, 6) is 0.0320.